The normalized spacial score (nSPS) is 9.74. The molecule has 0 unspecified atom stereocenters. The largest absolute Gasteiger partial charge is 0.481 e. The number of nitrogens with zero attached hydrogens (tertiary/aromatic N) is 1. The summed E-state index contributed by atoms with van der Waals surface area (Å²) in [5, 5.41) is 23.7. The van der Waals surface area contributed by atoms with Crippen LogP contribution in [-0.4, -0.2) is 28.6 Å². The number of carboxylic acids is 1. The first-order valence-corrected chi connectivity index (χ1v) is 5.48. The fourth-order valence-corrected chi connectivity index (χ4v) is 1.34. The number of aliphatic carboxylic acids is 1. The average Bonchev–Trinajstić information content (AvgIpc) is 2.31. The van der Waals surface area contributed by atoms with Gasteiger partial charge < -0.3 is 15.7 Å². The second-order valence-corrected chi connectivity index (χ2v) is 3.85. The lowest BCUT2D eigenvalue weighted by Crippen LogP contribution is -2.30. The monoisotopic (exact) mass is 287 g/mol. The molecule has 0 fully saturated rings. The van der Waals surface area contributed by atoms with Crippen LogP contribution in [0.25, 0.3) is 0 Å². The third-order valence-corrected chi connectivity index (χ3v) is 2.36. The summed E-state index contributed by atoms with van der Waals surface area (Å²) in [6, 6.07) is 2.91. The van der Waals surface area contributed by atoms with Gasteiger partial charge in [-0.3, -0.25) is 14.9 Å². The summed E-state index contributed by atoms with van der Waals surface area (Å²) in [6.07, 6.45) is -0.226. The fourth-order valence-electron chi connectivity index (χ4n) is 1.17. The molecule has 0 aliphatic rings. The Bertz CT molecular complexity index is 520. The number of amides is 2. The fraction of sp³-hybridized carbons (Fsp3) is 0.200. The van der Waals surface area contributed by atoms with E-state index in [0.717, 1.165) is 6.07 Å². The van der Waals surface area contributed by atoms with Crippen molar-refractivity contribution < 1.29 is 19.6 Å². The van der Waals surface area contributed by atoms with E-state index in [2.05, 4.69) is 10.6 Å². The summed E-state index contributed by atoms with van der Waals surface area (Å²) >= 11 is 5.77. The van der Waals surface area contributed by atoms with E-state index < -0.39 is 16.9 Å². The van der Waals surface area contributed by atoms with Crippen LogP contribution in [0.2, 0.25) is 5.02 Å². The third-order valence-electron chi connectivity index (χ3n) is 2.03. The Balaban J connectivity index is 2.65. The quantitative estimate of drug-likeness (QED) is 0.563. The molecule has 0 radical (unpaired) electrons. The van der Waals surface area contributed by atoms with Crippen LogP contribution in [0.15, 0.2) is 18.2 Å². The highest BCUT2D eigenvalue weighted by molar-refractivity contribution is 6.33. The average molecular weight is 288 g/mol. The maximum atomic E-state index is 11.4. The van der Waals surface area contributed by atoms with Crippen LogP contribution >= 0.6 is 11.6 Å². The first kappa shape index (κ1) is 14.7. The maximum Gasteiger partial charge on any atom is 0.319 e. The summed E-state index contributed by atoms with van der Waals surface area (Å²) in [4.78, 5) is 31.6. The molecule has 0 saturated heterocycles. The SMILES string of the molecule is O=C(O)CCNC(=O)Nc1cc([N+](=O)[O-])ccc1Cl. The van der Waals surface area contributed by atoms with Crippen LogP contribution < -0.4 is 10.6 Å². The van der Waals surface area contributed by atoms with E-state index in [4.69, 9.17) is 16.7 Å². The Morgan fingerprint density at radius 1 is 1.42 bits per heavy atom. The zero-order chi connectivity index (χ0) is 14.4. The number of hydrogen-bond acceptors (Lipinski definition) is 4. The highest BCUT2D eigenvalue weighted by Crippen LogP contribution is 2.26. The predicted molar refractivity (Wildman–Crippen MR) is 67.4 cm³/mol. The molecule has 2 amide bonds. The third kappa shape index (κ3) is 4.80. The molecule has 0 aliphatic heterocycles. The number of carboxylic acid groups (broad SMARTS) is 1. The topological polar surface area (TPSA) is 122 Å². The number of carbonyl (C=O) groups is 2. The predicted octanol–water partition coefficient (Wildman–Crippen LogP) is 1.84. The van der Waals surface area contributed by atoms with Crippen LogP contribution in [0, 0.1) is 10.1 Å². The van der Waals surface area contributed by atoms with Crippen molar-refractivity contribution in [2.24, 2.45) is 0 Å². The van der Waals surface area contributed by atoms with Gasteiger partial charge in [-0.1, -0.05) is 11.6 Å². The standard InChI is InChI=1S/C10H10ClN3O5/c11-7-2-1-6(14(18)19)5-8(7)13-10(17)12-4-3-9(15)16/h1-2,5H,3-4H2,(H,15,16)(H2,12,13,17). The van der Waals surface area contributed by atoms with Gasteiger partial charge in [0.1, 0.15) is 0 Å². The molecule has 0 spiro atoms. The number of rotatable bonds is 5. The van der Waals surface area contributed by atoms with Gasteiger partial charge in [0, 0.05) is 18.7 Å². The van der Waals surface area contributed by atoms with Crippen LogP contribution in [0.4, 0.5) is 16.2 Å². The molecule has 19 heavy (non-hydrogen) atoms. The zero-order valence-corrected chi connectivity index (χ0v) is 10.3. The Morgan fingerprint density at radius 3 is 2.68 bits per heavy atom. The summed E-state index contributed by atoms with van der Waals surface area (Å²) < 4.78 is 0. The number of urea groups is 1. The molecule has 9 heteroatoms. The van der Waals surface area contributed by atoms with Gasteiger partial charge in [-0.15, -0.1) is 0 Å². The Labute approximate surface area is 112 Å². The molecule has 0 heterocycles. The van der Waals surface area contributed by atoms with E-state index in [-0.39, 0.29) is 29.4 Å². The summed E-state index contributed by atoms with van der Waals surface area (Å²) in [5.41, 5.74) is -0.145. The van der Waals surface area contributed by atoms with Gasteiger partial charge in [-0.25, -0.2) is 4.79 Å². The number of anilines is 1. The number of carbonyl (C=O) groups excluding carboxylic acids is 1. The smallest absolute Gasteiger partial charge is 0.319 e. The van der Waals surface area contributed by atoms with E-state index in [1.165, 1.54) is 12.1 Å². The van der Waals surface area contributed by atoms with Crippen LogP contribution in [-0.2, 0) is 4.79 Å². The van der Waals surface area contributed by atoms with Crippen molar-refractivity contribution in [3.8, 4) is 0 Å². The van der Waals surface area contributed by atoms with Crippen molar-refractivity contribution in [2.45, 2.75) is 6.42 Å². The molecule has 1 rings (SSSR count). The lowest BCUT2D eigenvalue weighted by Gasteiger charge is -2.08. The van der Waals surface area contributed by atoms with E-state index in [9.17, 15) is 19.7 Å². The molecule has 0 bridgehead atoms. The van der Waals surface area contributed by atoms with Gasteiger partial charge in [-0.05, 0) is 6.07 Å². The number of halogens is 1. The number of nitrogens with one attached hydrogen (secondary N) is 2. The highest BCUT2D eigenvalue weighted by Gasteiger charge is 2.11. The van der Waals surface area contributed by atoms with E-state index in [1.54, 1.807) is 0 Å². The minimum absolute atomic E-state index is 0.0618. The van der Waals surface area contributed by atoms with Crippen molar-refractivity contribution in [1.29, 1.82) is 0 Å². The molecular weight excluding hydrogens is 278 g/mol. The van der Waals surface area contributed by atoms with Gasteiger partial charge in [-0.2, -0.15) is 0 Å². The van der Waals surface area contributed by atoms with Crippen molar-refractivity contribution in [1.82, 2.24) is 5.32 Å². The van der Waals surface area contributed by atoms with Gasteiger partial charge in [0.05, 0.1) is 22.1 Å². The van der Waals surface area contributed by atoms with E-state index in [1.807, 2.05) is 0 Å². The lowest BCUT2D eigenvalue weighted by molar-refractivity contribution is -0.384. The molecule has 0 atom stereocenters. The van der Waals surface area contributed by atoms with Crippen LogP contribution in [0.5, 0.6) is 0 Å². The Hall–Kier alpha value is -2.35. The summed E-state index contributed by atoms with van der Waals surface area (Å²) in [5.74, 6) is -1.05. The van der Waals surface area contributed by atoms with Crippen molar-refractivity contribution >= 4 is 35.0 Å². The number of nitro benzene ring substituents is 1. The van der Waals surface area contributed by atoms with E-state index >= 15 is 0 Å². The minimum atomic E-state index is -1.05. The molecular formula is C10H10ClN3O5. The number of hydrogen-bond donors (Lipinski definition) is 3. The van der Waals surface area contributed by atoms with Gasteiger partial charge >= 0.3 is 12.0 Å². The second-order valence-electron chi connectivity index (χ2n) is 3.45. The molecule has 0 aliphatic carbocycles. The lowest BCUT2D eigenvalue weighted by atomic mass is 10.3. The molecule has 3 N–H and O–H groups in total. The van der Waals surface area contributed by atoms with Crippen molar-refractivity contribution in [2.75, 3.05) is 11.9 Å². The molecule has 0 aromatic heterocycles. The second kappa shape index (κ2) is 6.55. The van der Waals surface area contributed by atoms with Crippen LogP contribution in [0.3, 0.4) is 0 Å². The van der Waals surface area contributed by atoms with Gasteiger partial charge in [0.15, 0.2) is 0 Å². The van der Waals surface area contributed by atoms with Crippen molar-refractivity contribution in [3.63, 3.8) is 0 Å². The van der Waals surface area contributed by atoms with E-state index in [0.29, 0.717) is 0 Å². The first-order valence-electron chi connectivity index (χ1n) is 5.10. The minimum Gasteiger partial charge on any atom is -0.481 e. The van der Waals surface area contributed by atoms with Gasteiger partial charge in [0.2, 0.25) is 0 Å². The number of benzene rings is 1. The molecule has 102 valence electrons. The molecule has 1 aromatic rings. The molecule has 1 aromatic carbocycles. The number of non-ortho nitro benzene ring substituents is 1. The zero-order valence-electron chi connectivity index (χ0n) is 9.55. The van der Waals surface area contributed by atoms with Crippen molar-refractivity contribution in [3.05, 3.63) is 33.3 Å². The first-order chi connectivity index (χ1) is 8.90. The highest BCUT2D eigenvalue weighted by atomic mass is 35.5. The molecule has 8 nitrogen and oxygen atoms in total. The Kier molecular flexibility index (Phi) is 5.07. The van der Waals surface area contributed by atoms with Crippen LogP contribution in [0.1, 0.15) is 6.42 Å². The Morgan fingerprint density at radius 2 is 2.11 bits per heavy atom. The maximum absolute atomic E-state index is 11.4. The summed E-state index contributed by atoms with van der Waals surface area (Å²) in [7, 11) is 0. The summed E-state index contributed by atoms with van der Waals surface area (Å²) in [6.45, 7) is -0.0618. The molecule has 0 saturated carbocycles. The number of nitro groups is 1. The van der Waals surface area contributed by atoms with Gasteiger partial charge in [0.25, 0.3) is 5.69 Å².